The molecule has 21 heavy (non-hydrogen) atoms. The standard InChI is InChI=1S/C16H25N3O2/c1-13(12-19-7-9-21-10-8-19)18-16(20)15(17)11-14-5-3-2-4-6-14/h2-6,13,15H,7-12,17H2,1H3,(H,18,20)/t13?,15-/m0/s1. The molecule has 1 aromatic rings. The predicted molar refractivity (Wildman–Crippen MR) is 83.0 cm³/mol. The fraction of sp³-hybridized carbons (Fsp3) is 0.562. The van der Waals surface area contributed by atoms with E-state index in [2.05, 4.69) is 10.2 Å². The summed E-state index contributed by atoms with van der Waals surface area (Å²) < 4.78 is 5.32. The van der Waals surface area contributed by atoms with Crippen LogP contribution >= 0.6 is 0 Å². The van der Waals surface area contributed by atoms with Crippen molar-refractivity contribution in [3.8, 4) is 0 Å². The lowest BCUT2D eigenvalue weighted by atomic mass is 10.1. The van der Waals surface area contributed by atoms with E-state index in [1.54, 1.807) is 0 Å². The maximum Gasteiger partial charge on any atom is 0.237 e. The van der Waals surface area contributed by atoms with Crippen LogP contribution in [0.3, 0.4) is 0 Å². The second kappa shape index (κ2) is 8.12. The predicted octanol–water partition coefficient (Wildman–Crippen LogP) is 0.393. The largest absolute Gasteiger partial charge is 0.379 e. The molecule has 116 valence electrons. The smallest absolute Gasteiger partial charge is 0.237 e. The Hall–Kier alpha value is -1.43. The molecular weight excluding hydrogens is 266 g/mol. The highest BCUT2D eigenvalue weighted by Crippen LogP contribution is 2.03. The van der Waals surface area contributed by atoms with Crippen LogP contribution in [0, 0.1) is 0 Å². The van der Waals surface area contributed by atoms with Gasteiger partial charge in [-0.3, -0.25) is 9.69 Å². The quantitative estimate of drug-likeness (QED) is 0.796. The first kappa shape index (κ1) is 15.9. The first-order valence-corrected chi connectivity index (χ1v) is 7.55. The van der Waals surface area contributed by atoms with Crippen molar-refractivity contribution < 1.29 is 9.53 Å². The zero-order valence-electron chi connectivity index (χ0n) is 12.6. The molecule has 5 nitrogen and oxygen atoms in total. The van der Waals surface area contributed by atoms with Gasteiger partial charge >= 0.3 is 0 Å². The van der Waals surface area contributed by atoms with Gasteiger partial charge in [-0.1, -0.05) is 30.3 Å². The van der Waals surface area contributed by atoms with E-state index in [1.165, 1.54) is 0 Å². The third-order valence-corrected chi connectivity index (χ3v) is 3.66. The number of ether oxygens (including phenoxy) is 1. The molecule has 5 heteroatoms. The lowest BCUT2D eigenvalue weighted by Crippen LogP contribution is -2.50. The number of hydrogen-bond acceptors (Lipinski definition) is 4. The van der Waals surface area contributed by atoms with Crippen LogP contribution in [-0.2, 0) is 16.0 Å². The highest BCUT2D eigenvalue weighted by atomic mass is 16.5. The molecule has 1 aliphatic heterocycles. The van der Waals surface area contributed by atoms with E-state index >= 15 is 0 Å². The Kier molecular flexibility index (Phi) is 6.17. The Labute approximate surface area is 126 Å². The summed E-state index contributed by atoms with van der Waals surface area (Å²) in [6.07, 6.45) is 0.566. The molecule has 0 aromatic heterocycles. The average Bonchev–Trinajstić information content (AvgIpc) is 2.49. The van der Waals surface area contributed by atoms with Crippen molar-refractivity contribution in [2.45, 2.75) is 25.4 Å². The molecule has 2 rings (SSSR count). The normalized spacial score (nSPS) is 19.0. The Balaban J connectivity index is 1.74. The molecule has 1 aromatic carbocycles. The van der Waals surface area contributed by atoms with E-state index in [0.29, 0.717) is 6.42 Å². The summed E-state index contributed by atoms with van der Waals surface area (Å²) in [5, 5.41) is 3.00. The van der Waals surface area contributed by atoms with Gasteiger partial charge in [-0.05, 0) is 18.9 Å². The van der Waals surface area contributed by atoms with Gasteiger partial charge in [0.15, 0.2) is 0 Å². The molecule has 1 saturated heterocycles. The second-order valence-corrected chi connectivity index (χ2v) is 5.62. The molecule has 1 fully saturated rings. The zero-order valence-corrected chi connectivity index (χ0v) is 12.6. The van der Waals surface area contributed by atoms with Crippen LogP contribution in [0.4, 0.5) is 0 Å². The van der Waals surface area contributed by atoms with Crippen molar-refractivity contribution in [2.24, 2.45) is 5.73 Å². The fourth-order valence-corrected chi connectivity index (χ4v) is 2.53. The minimum atomic E-state index is -0.500. The van der Waals surface area contributed by atoms with Gasteiger partial charge in [-0.2, -0.15) is 0 Å². The van der Waals surface area contributed by atoms with E-state index < -0.39 is 6.04 Å². The molecule has 0 aliphatic carbocycles. The van der Waals surface area contributed by atoms with Crippen molar-refractivity contribution in [3.63, 3.8) is 0 Å². The minimum Gasteiger partial charge on any atom is -0.379 e. The number of nitrogens with zero attached hydrogens (tertiary/aromatic N) is 1. The fourth-order valence-electron chi connectivity index (χ4n) is 2.53. The Morgan fingerprint density at radius 3 is 2.67 bits per heavy atom. The van der Waals surface area contributed by atoms with Crippen molar-refractivity contribution in [1.29, 1.82) is 0 Å². The Morgan fingerprint density at radius 1 is 1.33 bits per heavy atom. The molecule has 1 unspecified atom stereocenters. The van der Waals surface area contributed by atoms with E-state index in [1.807, 2.05) is 37.3 Å². The van der Waals surface area contributed by atoms with Crippen LogP contribution in [0.1, 0.15) is 12.5 Å². The van der Waals surface area contributed by atoms with Crippen molar-refractivity contribution in [3.05, 3.63) is 35.9 Å². The van der Waals surface area contributed by atoms with Crippen LogP contribution in [0.5, 0.6) is 0 Å². The molecule has 0 radical (unpaired) electrons. The molecule has 0 bridgehead atoms. The van der Waals surface area contributed by atoms with Crippen LogP contribution < -0.4 is 11.1 Å². The average molecular weight is 291 g/mol. The van der Waals surface area contributed by atoms with Gasteiger partial charge in [0, 0.05) is 25.7 Å². The van der Waals surface area contributed by atoms with Gasteiger partial charge in [0.2, 0.25) is 5.91 Å². The lowest BCUT2D eigenvalue weighted by molar-refractivity contribution is -0.123. The lowest BCUT2D eigenvalue weighted by Gasteiger charge is -2.29. The highest BCUT2D eigenvalue weighted by Gasteiger charge is 2.18. The van der Waals surface area contributed by atoms with E-state index in [0.717, 1.165) is 38.4 Å². The first-order chi connectivity index (χ1) is 10.1. The monoisotopic (exact) mass is 291 g/mol. The van der Waals surface area contributed by atoms with Gasteiger partial charge in [-0.15, -0.1) is 0 Å². The summed E-state index contributed by atoms with van der Waals surface area (Å²) in [5.74, 6) is -0.0837. The van der Waals surface area contributed by atoms with Crippen molar-refractivity contribution in [2.75, 3.05) is 32.8 Å². The van der Waals surface area contributed by atoms with Crippen LogP contribution in [0.2, 0.25) is 0 Å². The summed E-state index contributed by atoms with van der Waals surface area (Å²) >= 11 is 0. The number of nitrogens with one attached hydrogen (secondary N) is 1. The zero-order chi connectivity index (χ0) is 15.1. The van der Waals surface area contributed by atoms with Gasteiger partial charge in [0.25, 0.3) is 0 Å². The molecule has 0 spiro atoms. The molecule has 0 saturated carbocycles. The highest BCUT2D eigenvalue weighted by molar-refractivity contribution is 5.82. The van der Waals surface area contributed by atoms with Crippen LogP contribution in [0.25, 0.3) is 0 Å². The Morgan fingerprint density at radius 2 is 2.00 bits per heavy atom. The van der Waals surface area contributed by atoms with Crippen molar-refractivity contribution in [1.82, 2.24) is 10.2 Å². The van der Waals surface area contributed by atoms with Crippen LogP contribution in [-0.4, -0.2) is 55.7 Å². The number of carbonyl (C=O) groups excluding carboxylic acids is 1. The van der Waals surface area contributed by atoms with E-state index in [9.17, 15) is 4.79 Å². The van der Waals surface area contributed by atoms with E-state index in [-0.39, 0.29) is 11.9 Å². The molecule has 3 N–H and O–H groups in total. The first-order valence-electron chi connectivity index (χ1n) is 7.55. The molecule has 1 aliphatic rings. The molecular formula is C16H25N3O2. The third-order valence-electron chi connectivity index (χ3n) is 3.66. The summed E-state index contributed by atoms with van der Waals surface area (Å²) in [4.78, 5) is 14.4. The second-order valence-electron chi connectivity index (χ2n) is 5.62. The van der Waals surface area contributed by atoms with Gasteiger partial charge < -0.3 is 15.8 Å². The maximum absolute atomic E-state index is 12.1. The van der Waals surface area contributed by atoms with E-state index in [4.69, 9.17) is 10.5 Å². The number of rotatable bonds is 6. The number of carbonyl (C=O) groups is 1. The summed E-state index contributed by atoms with van der Waals surface area (Å²) in [5.41, 5.74) is 7.07. The van der Waals surface area contributed by atoms with Crippen LogP contribution in [0.15, 0.2) is 30.3 Å². The summed E-state index contributed by atoms with van der Waals surface area (Å²) in [7, 11) is 0. The number of hydrogen-bond donors (Lipinski definition) is 2. The Bertz CT molecular complexity index is 432. The van der Waals surface area contributed by atoms with Gasteiger partial charge in [0.05, 0.1) is 19.3 Å². The molecule has 1 heterocycles. The molecule has 2 atom stereocenters. The molecule has 1 amide bonds. The number of morpholine rings is 1. The van der Waals surface area contributed by atoms with Crippen molar-refractivity contribution >= 4 is 5.91 Å². The van der Waals surface area contributed by atoms with Gasteiger partial charge in [-0.25, -0.2) is 0 Å². The maximum atomic E-state index is 12.1. The third kappa shape index (κ3) is 5.46. The van der Waals surface area contributed by atoms with Gasteiger partial charge in [0.1, 0.15) is 0 Å². The number of nitrogens with two attached hydrogens (primary N) is 1. The number of amides is 1. The summed E-state index contributed by atoms with van der Waals surface area (Å²) in [6.45, 7) is 6.25. The topological polar surface area (TPSA) is 67.6 Å². The SMILES string of the molecule is CC(CN1CCOCC1)NC(=O)[C@@H](N)Cc1ccccc1. The number of benzene rings is 1. The summed E-state index contributed by atoms with van der Waals surface area (Å²) in [6, 6.07) is 9.45. The minimum absolute atomic E-state index is 0.0837.